The first-order valence-corrected chi connectivity index (χ1v) is 4.69. The summed E-state index contributed by atoms with van der Waals surface area (Å²) in [5.74, 6) is 0.0341. The number of carbonyl (C=O) groups excluding carboxylic acids is 2. The summed E-state index contributed by atoms with van der Waals surface area (Å²) in [6.07, 6.45) is 4.60. The highest BCUT2D eigenvalue weighted by Gasteiger charge is 2.20. The van der Waals surface area contributed by atoms with Crippen molar-refractivity contribution in [3.63, 3.8) is 0 Å². The van der Waals surface area contributed by atoms with Gasteiger partial charge in [0.2, 0.25) is 12.3 Å². The molecule has 0 bridgehead atoms. The smallest absolute Gasteiger partial charge is 0.217 e. The topological polar surface area (TPSA) is 58.2 Å². The Bertz CT molecular complexity index is 186. The molecule has 0 atom stereocenters. The molecule has 0 radical (unpaired) electrons. The number of hydrogen-bond acceptors (Lipinski definition) is 2. The van der Waals surface area contributed by atoms with Crippen molar-refractivity contribution in [3.8, 4) is 0 Å². The summed E-state index contributed by atoms with van der Waals surface area (Å²) in [4.78, 5) is 20.9. The maximum Gasteiger partial charge on any atom is 0.217 e. The molecule has 1 fully saturated rings. The van der Waals surface area contributed by atoms with Gasteiger partial charge >= 0.3 is 0 Å². The van der Waals surface area contributed by atoms with Gasteiger partial charge in [-0.3, -0.25) is 9.59 Å². The molecule has 0 spiro atoms. The Morgan fingerprint density at radius 3 is 2.23 bits per heavy atom. The molecule has 0 unspecified atom stereocenters. The Morgan fingerprint density at radius 1 is 1.23 bits per heavy atom. The van der Waals surface area contributed by atoms with E-state index in [9.17, 15) is 9.59 Å². The van der Waals surface area contributed by atoms with E-state index in [-0.39, 0.29) is 5.91 Å². The quantitative estimate of drug-likeness (QED) is 0.615. The van der Waals surface area contributed by atoms with E-state index in [4.69, 9.17) is 0 Å². The summed E-state index contributed by atoms with van der Waals surface area (Å²) in [6.45, 7) is 1.54. The first-order valence-electron chi connectivity index (χ1n) is 4.69. The van der Waals surface area contributed by atoms with Crippen LogP contribution in [0.3, 0.4) is 0 Å². The Morgan fingerprint density at radius 2 is 1.77 bits per heavy atom. The van der Waals surface area contributed by atoms with E-state index >= 15 is 0 Å². The molecule has 0 aromatic rings. The van der Waals surface area contributed by atoms with Crippen LogP contribution < -0.4 is 10.6 Å². The molecule has 4 nitrogen and oxygen atoms in total. The lowest BCUT2D eigenvalue weighted by atomic mass is 9.91. The molecule has 4 heteroatoms. The number of amides is 2. The van der Waals surface area contributed by atoms with Gasteiger partial charge in [0.25, 0.3) is 0 Å². The number of hydrogen-bond donors (Lipinski definition) is 2. The average Bonchev–Trinajstić information content (AvgIpc) is 2.08. The number of rotatable bonds is 3. The zero-order valence-corrected chi connectivity index (χ0v) is 7.88. The van der Waals surface area contributed by atoms with Crippen LogP contribution in [-0.2, 0) is 9.59 Å². The fourth-order valence-corrected chi connectivity index (χ4v) is 1.79. The van der Waals surface area contributed by atoms with Gasteiger partial charge in [-0.25, -0.2) is 0 Å². The molecular formula is C9H16N2O2. The SMILES string of the molecule is CC(=O)NC1CCC(NC=O)CC1. The van der Waals surface area contributed by atoms with Gasteiger partial charge in [0.15, 0.2) is 0 Å². The minimum absolute atomic E-state index is 0.0341. The molecule has 13 heavy (non-hydrogen) atoms. The van der Waals surface area contributed by atoms with E-state index < -0.39 is 0 Å². The lowest BCUT2D eigenvalue weighted by molar-refractivity contribution is -0.120. The summed E-state index contributed by atoms with van der Waals surface area (Å²) < 4.78 is 0. The second kappa shape index (κ2) is 4.84. The summed E-state index contributed by atoms with van der Waals surface area (Å²) in [7, 11) is 0. The first kappa shape index (κ1) is 10.0. The summed E-state index contributed by atoms with van der Waals surface area (Å²) >= 11 is 0. The molecule has 2 amide bonds. The standard InChI is InChI=1S/C9H16N2O2/c1-7(13)11-9-4-2-8(3-5-9)10-6-12/h6,8-9H,2-5H2,1H3,(H,10,12)(H,11,13). The van der Waals surface area contributed by atoms with Gasteiger partial charge < -0.3 is 10.6 Å². The van der Waals surface area contributed by atoms with E-state index in [1.807, 2.05) is 0 Å². The third kappa shape index (κ3) is 3.44. The van der Waals surface area contributed by atoms with Gasteiger partial charge in [-0.2, -0.15) is 0 Å². The Kier molecular flexibility index (Phi) is 3.73. The molecule has 1 aliphatic carbocycles. The third-order valence-corrected chi connectivity index (χ3v) is 2.44. The lowest BCUT2D eigenvalue weighted by Gasteiger charge is -2.28. The fraction of sp³-hybridized carbons (Fsp3) is 0.778. The van der Waals surface area contributed by atoms with Crippen molar-refractivity contribution >= 4 is 12.3 Å². The van der Waals surface area contributed by atoms with Gasteiger partial charge in [0.05, 0.1) is 0 Å². The van der Waals surface area contributed by atoms with Crippen LogP contribution in [0.15, 0.2) is 0 Å². The van der Waals surface area contributed by atoms with Crippen molar-refractivity contribution in [2.75, 3.05) is 0 Å². The molecule has 74 valence electrons. The largest absolute Gasteiger partial charge is 0.356 e. The van der Waals surface area contributed by atoms with Crippen LogP contribution in [0, 0.1) is 0 Å². The minimum atomic E-state index is 0.0341. The van der Waals surface area contributed by atoms with Crippen LogP contribution >= 0.6 is 0 Å². The van der Waals surface area contributed by atoms with Crippen LogP contribution in [0.4, 0.5) is 0 Å². The van der Waals surface area contributed by atoms with Crippen LogP contribution in [0.5, 0.6) is 0 Å². The van der Waals surface area contributed by atoms with Crippen molar-refractivity contribution in [1.29, 1.82) is 0 Å². The van der Waals surface area contributed by atoms with Crippen molar-refractivity contribution in [2.45, 2.75) is 44.7 Å². The van der Waals surface area contributed by atoms with Gasteiger partial charge in [-0.15, -0.1) is 0 Å². The Labute approximate surface area is 78.1 Å². The number of carbonyl (C=O) groups is 2. The molecule has 0 saturated heterocycles. The van der Waals surface area contributed by atoms with Crippen molar-refractivity contribution in [1.82, 2.24) is 10.6 Å². The summed E-state index contributed by atoms with van der Waals surface area (Å²) in [5.41, 5.74) is 0. The van der Waals surface area contributed by atoms with Gasteiger partial charge in [-0.05, 0) is 25.7 Å². The monoisotopic (exact) mass is 184 g/mol. The maximum absolute atomic E-state index is 10.7. The van der Waals surface area contributed by atoms with Crippen molar-refractivity contribution in [3.05, 3.63) is 0 Å². The average molecular weight is 184 g/mol. The lowest BCUT2D eigenvalue weighted by Crippen LogP contribution is -2.41. The van der Waals surface area contributed by atoms with Crippen molar-refractivity contribution in [2.24, 2.45) is 0 Å². The Hall–Kier alpha value is -1.06. The van der Waals surface area contributed by atoms with Gasteiger partial charge in [-0.1, -0.05) is 0 Å². The predicted octanol–water partition coefficient (Wildman–Crippen LogP) is 0.180. The summed E-state index contributed by atoms with van der Waals surface area (Å²) in [5, 5.41) is 5.65. The van der Waals surface area contributed by atoms with Gasteiger partial charge in [0, 0.05) is 19.0 Å². The minimum Gasteiger partial charge on any atom is -0.356 e. The first-order chi connectivity index (χ1) is 6.22. The van der Waals surface area contributed by atoms with Crippen LogP contribution in [-0.4, -0.2) is 24.4 Å². The normalized spacial score (nSPS) is 27.8. The molecule has 1 rings (SSSR count). The zero-order chi connectivity index (χ0) is 9.68. The highest BCUT2D eigenvalue weighted by atomic mass is 16.1. The third-order valence-electron chi connectivity index (χ3n) is 2.44. The molecule has 2 N–H and O–H groups in total. The van der Waals surface area contributed by atoms with E-state index in [1.54, 1.807) is 0 Å². The molecule has 0 aromatic carbocycles. The molecule has 0 aromatic heterocycles. The van der Waals surface area contributed by atoms with E-state index in [0.29, 0.717) is 12.1 Å². The predicted molar refractivity (Wildman–Crippen MR) is 49.1 cm³/mol. The van der Waals surface area contributed by atoms with Crippen LogP contribution in [0.2, 0.25) is 0 Å². The molecular weight excluding hydrogens is 168 g/mol. The second-order valence-electron chi connectivity index (χ2n) is 3.53. The fourth-order valence-electron chi connectivity index (χ4n) is 1.79. The van der Waals surface area contributed by atoms with Crippen LogP contribution in [0.1, 0.15) is 32.6 Å². The summed E-state index contributed by atoms with van der Waals surface area (Å²) in [6, 6.07) is 0.615. The van der Waals surface area contributed by atoms with E-state index in [2.05, 4.69) is 10.6 Å². The van der Waals surface area contributed by atoms with E-state index in [0.717, 1.165) is 32.1 Å². The Balaban J connectivity index is 2.22. The van der Waals surface area contributed by atoms with Crippen molar-refractivity contribution < 1.29 is 9.59 Å². The second-order valence-corrected chi connectivity index (χ2v) is 3.53. The van der Waals surface area contributed by atoms with E-state index in [1.165, 1.54) is 6.92 Å². The molecule has 1 saturated carbocycles. The zero-order valence-electron chi connectivity index (χ0n) is 7.88. The number of nitrogens with one attached hydrogen (secondary N) is 2. The van der Waals surface area contributed by atoms with Gasteiger partial charge in [0.1, 0.15) is 0 Å². The molecule has 1 aliphatic rings. The highest BCUT2D eigenvalue weighted by Crippen LogP contribution is 2.17. The molecule has 0 aliphatic heterocycles. The highest BCUT2D eigenvalue weighted by molar-refractivity contribution is 5.73. The van der Waals surface area contributed by atoms with Crippen LogP contribution in [0.25, 0.3) is 0 Å². The molecule has 0 heterocycles. The maximum atomic E-state index is 10.7.